The van der Waals surface area contributed by atoms with Crippen LogP contribution in [0.4, 0.5) is 17.6 Å². The molecule has 104 valence electrons. The lowest BCUT2D eigenvalue weighted by molar-refractivity contribution is -0.138. The normalized spacial score (nSPS) is 14.0. The maximum atomic E-state index is 12.9. The zero-order valence-corrected chi connectivity index (χ0v) is 11.1. The molecule has 0 saturated carbocycles. The van der Waals surface area contributed by atoms with Crippen molar-refractivity contribution in [3.63, 3.8) is 0 Å². The summed E-state index contributed by atoms with van der Waals surface area (Å²) in [4.78, 5) is 0. The Morgan fingerprint density at radius 3 is 2.00 bits per heavy atom. The lowest BCUT2D eigenvalue weighted by Crippen LogP contribution is -2.28. The van der Waals surface area contributed by atoms with Crippen molar-refractivity contribution in [3.8, 4) is 0 Å². The maximum Gasteiger partial charge on any atom is 0.416 e. The summed E-state index contributed by atoms with van der Waals surface area (Å²) in [5, 5.41) is 0. The van der Waals surface area contributed by atoms with E-state index in [1.807, 2.05) is 0 Å². The van der Waals surface area contributed by atoms with E-state index in [-0.39, 0.29) is 18.0 Å². The number of benzene rings is 1. The fourth-order valence-corrected chi connectivity index (χ4v) is 1.51. The summed E-state index contributed by atoms with van der Waals surface area (Å²) >= 11 is 0. The summed E-state index contributed by atoms with van der Waals surface area (Å²) < 4.78 is 51.2. The minimum Gasteiger partial charge on any atom is -0.324 e. The van der Waals surface area contributed by atoms with Crippen LogP contribution < -0.4 is 5.73 Å². The molecule has 6 heteroatoms. The smallest absolute Gasteiger partial charge is 0.324 e. The van der Waals surface area contributed by atoms with Crippen molar-refractivity contribution in [1.82, 2.24) is 0 Å². The van der Waals surface area contributed by atoms with Gasteiger partial charge in [0.2, 0.25) is 0 Å². The predicted octanol–water partition coefficient (Wildman–Crippen LogP) is 4.31. The van der Waals surface area contributed by atoms with Crippen molar-refractivity contribution in [3.05, 3.63) is 35.1 Å². The van der Waals surface area contributed by atoms with Gasteiger partial charge in [0.05, 0.1) is 5.56 Å². The highest BCUT2D eigenvalue weighted by Crippen LogP contribution is 2.39. The molecule has 0 aliphatic heterocycles. The van der Waals surface area contributed by atoms with Gasteiger partial charge in [-0.2, -0.15) is 13.2 Å². The molecule has 0 unspecified atom stereocenters. The summed E-state index contributed by atoms with van der Waals surface area (Å²) in [6.07, 6.45) is -4.60. The van der Waals surface area contributed by atoms with Crippen LogP contribution in [0.5, 0.6) is 0 Å². The Hall–Kier alpha value is -0.810. The zero-order valence-electron chi connectivity index (χ0n) is 10.3. The van der Waals surface area contributed by atoms with Crippen LogP contribution in [0, 0.1) is 11.2 Å². The van der Waals surface area contributed by atoms with Gasteiger partial charge in [-0.05, 0) is 23.1 Å². The molecule has 0 bridgehead atoms. The lowest BCUT2D eigenvalue weighted by atomic mass is 9.81. The quantitative estimate of drug-likeness (QED) is 0.765. The van der Waals surface area contributed by atoms with E-state index >= 15 is 0 Å². The summed E-state index contributed by atoms with van der Waals surface area (Å²) in [6.45, 7) is 5.21. The average molecular weight is 286 g/mol. The van der Waals surface area contributed by atoms with Gasteiger partial charge in [-0.15, -0.1) is 12.4 Å². The van der Waals surface area contributed by atoms with Crippen LogP contribution in [0.2, 0.25) is 0 Å². The number of hydrogen-bond donors (Lipinski definition) is 1. The number of halogens is 5. The van der Waals surface area contributed by atoms with Gasteiger partial charge in [0.1, 0.15) is 5.82 Å². The molecule has 0 aromatic heterocycles. The molecular formula is C12H16ClF4N. The zero-order chi connectivity index (χ0) is 13.4. The van der Waals surface area contributed by atoms with E-state index in [0.29, 0.717) is 6.07 Å². The highest BCUT2D eigenvalue weighted by molar-refractivity contribution is 5.85. The number of rotatable bonds is 1. The summed E-state index contributed by atoms with van der Waals surface area (Å²) in [5.74, 6) is -0.915. The first-order valence-corrected chi connectivity index (χ1v) is 5.15. The van der Waals surface area contributed by atoms with Crippen LogP contribution >= 0.6 is 12.4 Å². The molecule has 0 heterocycles. The Kier molecular flexibility index (Phi) is 5.20. The summed E-state index contributed by atoms with van der Waals surface area (Å²) in [7, 11) is 0. The van der Waals surface area contributed by atoms with Crippen LogP contribution in [0.1, 0.15) is 37.9 Å². The molecule has 1 aromatic carbocycles. The first-order chi connectivity index (χ1) is 7.53. The number of hydrogen-bond acceptors (Lipinski definition) is 1. The molecule has 2 N–H and O–H groups in total. The third-order valence-corrected chi connectivity index (χ3v) is 2.59. The lowest BCUT2D eigenvalue weighted by Gasteiger charge is -2.29. The second kappa shape index (κ2) is 5.45. The summed E-state index contributed by atoms with van der Waals surface area (Å²) in [5.41, 5.74) is 4.19. The van der Waals surface area contributed by atoms with Crippen molar-refractivity contribution in [1.29, 1.82) is 0 Å². The third kappa shape index (κ3) is 3.85. The Labute approximate surface area is 110 Å². The highest BCUT2D eigenvalue weighted by atomic mass is 35.5. The Bertz CT molecular complexity index is 410. The molecule has 0 radical (unpaired) electrons. The van der Waals surface area contributed by atoms with Crippen LogP contribution in [-0.2, 0) is 6.18 Å². The Balaban J connectivity index is 0.00000289. The van der Waals surface area contributed by atoms with Crippen molar-refractivity contribution in [2.75, 3.05) is 0 Å². The van der Waals surface area contributed by atoms with E-state index in [0.717, 1.165) is 12.1 Å². The minimum atomic E-state index is -4.60. The van der Waals surface area contributed by atoms with Crippen LogP contribution in [0.25, 0.3) is 0 Å². The predicted molar refractivity (Wildman–Crippen MR) is 65.0 cm³/mol. The molecule has 0 aliphatic carbocycles. The fraction of sp³-hybridized carbons (Fsp3) is 0.500. The van der Waals surface area contributed by atoms with Crippen molar-refractivity contribution < 1.29 is 17.6 Å². The second-order valence-corrected chi connectivity index (χ2v) is 5.07. The van der Waals surface area contributed by atoms with Gasteiger partial charge in [0, 0.05) is 6.04 Å². The van der Waals surface area contributed by atoms with Gasteiger partial charge >= 0.3 is 6.18 Å². The molecular weight excluding hydrogens is 270 g/mol. The van der Waals surface area contributed by atoms with Crippen molar-refractivity contribution >= 4 is 12.4 Å². The fourth-order valence-electron chi connectivity index (χ4n) is 1.51. The van der Waals surface area contributed by atoms with E-state index in [2.05, 4.69) is 0 Å². The molecule has 1 atom stereocenters. The molecule has 0 saturated heterocycles. The highest BCUT2D eigenvalue weighted by Gasteiger charge is 2.37. The Morgan fingerprint density at radius 1 is 1.11 bits per heavy atom. The molecule has 0 fully saturated rings. The van der Waals surface area contributed by atoms with Gasteiger partial charge in [-0.3, -0.25) is 0 Å². The minimum absolute atomic E-state index is 0. The first-order valence-electron chi connectivity index (χ1n) is 5.15. The van der Waals surface area contributed by atoms with Gasteiger partial charge in [-0.1, -0.05) is 26.8 Å². The number of nitrogens with two attached hydrogens (primary N) is 1. The monoisotopic (exact) mass is 285 g/mol. The standard InChI is InChI=1S/C12H15F4N.ClH/c1-11(2,3)10(17)8-5-4-7(13)6-9(8)12(14,15)16;/h4-6,10H,17H2,1-3H3;1H/t10-;/m0./s1. The largest absolute Gasteiger partial charge is 0.416 e. The van der Waals surface area contributed by atoms with Crippen molar-refractivity contribution in [2.45, 2.75) is 33.0 Å². The second-order valence-electron chi connectivity index (χ2n) is 5.07. The SMILES string of the molecule is CC(C)(C)[C@@H](N)c1ccc(F)cc1C(F)(F)F.Cl. The maximum absolute atomic E-state index is 12.9. The van der Waals surface area contributed by atoms with E-state index in [9.17, 15) is 17.6 Å². The molecule has 1 nitrogen and oxygen atoms in total. The van der Waals surface area contributed by atoms with E-state index in [1.165, 1.54) is 0 Å². The van der Waals surface area contributed by atoms with Crippen molar-refractivity contribution in [2.24, 2.45) is 11.1 Å². The van der Waals surface area contributed by atoms with Gasteiger partial charge in [0.15, 0.2) is 0 Å². The topological polar surface area (TPSA) is 26.0 Å². The third-order valence-electron chi connectivity index (χ3n) is 2.59. The molecule has 1 aromatic rings. The van der Waals surface area contributed by atoms with Crippen LogP contribution in [0.3, 0.4) is 0 Å². The van der Waals surface area contributed by atoms with E-state index in [1.54, 1.807) is 20.8 Å². The molecule has 1 rings (SSSR count). The molecule has 18 heavy (non-hydrogen) atoms. The number of alkyl halides is 3. The van der Waals surface area contributed by atoms with E-state index < -0.39 is 29.0 Å². The van der Waals surface area contributed by atoms with Gasteiger partial charge < -0.3 is 5.73 Å². The van der Waals surface area contributed by atoms with Crippen LogP contribution in [-0.4, -0.2) is 0 Å². The average Bonchev–Trinajstić information content (AvgIpc) is 2.14. The first kappa shape index (κ1) is 17.2. The molecule has 0 aliphatic rings. The van der Waals surface area contributed by atoms with E-state index in [4.69, 9.17) is 5.73 Å². The Morgan fingerprint density at radius 2 is 1.61 bits per heavy atom. The molecule has 0 spiro atoms. The van der Waals surface area contributed by atoms with Gasteiger partial charge in [0.25, 0.3) is 0 Å². The van der Waals surface area contributed by atoms with Crippen LogP contribution in [0.15, 0.2) is 18.2 Å². The molecule has 0 amide bonds. The summed E-state index contributed by atoms with van der Waals surface area (Å²) in [6, 6.07) is 1.78. The van der Waals surface area contributed by atoms with Gasteiger partial charge in [-0.25, -0.2) is 4.39 Å².